The van der Waals surface area contributed by atoms with E-state index in [9.17, 15) is 0 Å². The first kappa shape index (κ1) is 11.2. The molecule has 0 radical (unpaired) electrons. The molecule has 3 rings (SSSR count). The SMILES string of the molecule is CNC(CC1CCC1)c1ccc2c(c1)COC2. The Bertz CT molecular complexity index is 398. The van der Waals surface area contributed by atoms with Crippen molar-refractivity contribution >= 4 is 0 Å². The minimum atomic E-state index is 0.520. The van der Waals surface area contributed by atoms with Crippen LogP contribution in [-0.4, -0.2) is 7.05 Å². The lowest BCUT2D eigenvalue weighted by Gasteiger charge is -2.30. The van der Waals surface area contributed by atoms with Crippen LogP contribution in [0.5, 0.6) is 0 Å². The van der Waals surface area contributed by atoms with Gasteiger partial charge in [-0.1, -0.05) is 37.5 Å². The Labute approximate surface area is 103 Å². The zero-order chi connectivity index (χ0) is 11.7. The third kappa shape index (κ3) is 2.24. The fourth-order valence-corrected chi connectivity index (χ4v) is 2.89. The van der Waals surface area contributed by atoms with Gasteiger partial charge in [-0.2, -0.15) is 0 Å². The number of benzene rings is 1. The molecule has 92 valence electrons. The summed E-state index contributed by atoms with van der Waals surface area (Å²) in [6.45, 7) is 1.59. The van der Waals surface area contributed by atoms with Crippen LogP contribution in [0.2, 0.25) is 0 Å². The van der Waals surface area contributed by atoms with Gasteiger partial charge in [0.25, 0.3) is 0 Å². The zero-order valence-electron chi connectivity index (χ0n) is 10.5. The first-order valence-electron chi connectivity index (χ1n) is 6.73. The van der Waals surface area contributed by atoms with Crippen LogP contribution in [0.3, 0.4) is 0 Å². The van der Waals surface area contributed by atoms with Crippen molar-refractivity contribution in [1.29, 1.82) is 0 Å². The van der Waals surface area contributed by atoms with Crippen LogP contribution in [0.25, 0.3) is 0 Å². The van der Waals surface area contributed by atoms with Crippen molar-refractivity contribution in [2.45, 2.75) is 44.9 Å². The first-order valence-corrected chi connectivity index (χ1v) is 6.73. The number of rotatable bonds is 4. The van der Waals surface area contributed by atoms with Gasteiger partial charge in [-0.15, -0.1) is 0 Å². The highest BCUT2D eigenvalue weighted by Gasteiger charge is 2.23. The summed E-state index contributed by atoms with van der Waals surface area (Å²) in [5.41, 5.74) is 4.19. The lowest BCUT2D eigenvalue weighted by Crippen LogP contribution is -2.23. The second-order valence-electron chi connectivity index (χ2n) is 5.39. The Hall–Kier alpha value is -0.860. The highest BCUT2D eigenvalue weighted by molar-refractivity contribution is 5.34. The standard InChI is InChI=1S/C15H21NO/c1-16-15(7-11-3-2-4-11)12-5-6-13-9-17-10-14(13)8-12/h5-6,8,11,15-16H,2-4,7,9-10H2,1H3. The second-order valence-corrected chi connectivity index (χ2v) is 5.39. The maximum absolute atomic E-state index is 5.48. The lowest BCUT2D eigenvalue weighted by molar-refractivity contribution is 0.134. The minimum Gasteiger partial charge on any atom is -0.372 e. The Balaban J connectivity index is 1.76. The van der Waals surface area contributed by atoms with E-state index >= 15 is 0 Å². The molecule has 1 saturated carbocycles. The first-order chi connectivity index (χ1) is 8.36. The molecule has 0 spiro atoms. The topological polar surface area (TPSA) is 21.3 Å². The zero-order valence-corrected chi connectivity index (χ0v) is 10.5. The quantitative estimate of drug-likeness (QED) is 0.859. The van der Waals surface area contributed by atoms with Gasteiger partial charge in [0.05, 0.1) is 13.2 Å². The maximum Gasteiger partial charge on any atom is 0.0725 e. The van der Waals surface area contributed by atoms with Crippen molar-refractivity contribution < 1.29 is 4.74 Å². The van der Waals surface area contributed by atoms with Gasteiger partial charge in [0.15, 0.2) is 0 Å². The van der Waals surface area contributed by atoms with Gasteiger partial charge in [-0.25, -0.2) is 0 Å². The number of nitrogens with one attached hydrogen (secondary N) is 1. The molecule has 17 heavy (non-hydrogen) atoms. The molecule has 1 atom stereocenters. The van der Waals surface area contributed by atoms with Crippen LogP contribution in [0, 0.1) is 5.92 Å². The Morgan fingerprint density at radius 2 is 2.12 bits per heavy atom. The molecule has 0 amide bonds. The Morgan fingerprint density at radius 3 is 2.82 bits per heavy atom. The van der Waals surface area contributed by atoms with E-state index in [0.717, 1.165) is 19.1 Å². The van der Waals surface area contributed by atoms with Crippen molar-refractivity contribution in [2.75, 3.05) is 7.05 Å². The van der Waals surface area contributed by atoms with Crippen molar-refractivity contribution in [1.82, 2.24) is 5.32 Å². The van der Waals surface area contributed by atoms with Gasteiger partial charge in [0.1, 0.15) is 0 Å². The summed E-state index contributed by atoms with van der Waals surface area (Å²) in [6, 6.07) is 7.37. The summed E-state index contributed by atoms with van der Waals surface area (Å²) in [5, 5.41) is 3.47. The fraction of sp³-hybridized carbons (Fsp3) is 0.600. The number of hydrogen-bond donors (Lipinski definition) is 1. The summed E-state index contributed by atoms with van der Waals surface area (Å²) in [7, 11) is 2.08. The Kier molecular flexibility index (Phi) is 3.17. The van der Waals surface area contributed by atoms with E-state index in [1.54, 1.807) is 0 Å². The normalized spacial score (nSPS) is 21.0. The van der Waals surface area contributed by atoms with Crippen LogP contribution in [-0.2, 0) is 18.0 Å². The highest BCUT2D eigenvalue weighted by Crippen LogP contribution is 2.35. The predicted octanol–water partition coefficient (Wildman–Crippen LogP) is 3.17. The number of hydrogen-bond acceptors (Lipinski definition) is 2. The van der Waals surface area contributed by atoms with E-state index in [1.165, 1.54) is 42.4 Å². The largest absolute Gasteiger partial charge is 0.372 e. The molecule has 2 nitrogen and oxygen atoms in total. The van der Waals surface area contributed by atoms with Crippen molar-refractivity contribution in [3.8, 4) is 0 Å². The van der Waals surface area contributed by atoms with Crippen LogP contribution >= 0.6 is 0 Å². The molecule has 0 aromatic heterocycles. The van der Waals surface area contributed by atoms with E-state index in [-0.39, 0.29) is 0 Å². The molecular weight excluding hydrogens is 210 g/mol. The minimum absolute atomic E-state index is 0.520. The molecule has 1 heterocycles. The predicted molar refractivity (Wildman–Crippen MR) is 68.7 cm³/mol. The van der Waals surface area contributed by atoms with Crippen LogP contribution < -0.4 is 5.32 Å². The molecule has 0 saturated heterocycles. The summed E-state index contributed by atoms with van der Waals surface area (Å²) in [6.07, 6.45) is 5.56. The van der Waals surface area contributed by atoms with Gasteiger partial charge in [-0.3, -0.25) is 0 Å². The van der Waals surface area contributed by atoms with Crippen molar-refractivity contribution in [3.05, 3.63) is 34.9 Å². The average molecular weight is 231 g/mol. The van der Waals surface area contributed by atoms with Gasteiger partial charge < -0.3 is 10.1 Å². The molecule has 2 aliphatic rings. The summed E-state index contributed by atoms with van der Waals surface area (Å²) < 4.78 is 5.48. The van der Waals surface area contributed by atoms with E-state index in [2.05, 4.69) is 30.6 Å². The summed E-state index contributed by atoms with van der Waals surface area (Å²) in [5.74, 6) is 0.942. The maximum atomic E-state index is 5.48. The molecule has 1 unspecified atom stereocenters. The van der Waals surface area contributed by atoms with Crippen molar-refractivity contribution in [3.63, 3.8) is 0 Å². The highest BCUT2D eigenvalue weighted by atomic mass is 16.5. The molecule has 1 fully saturated rings. The van der Waals surface area contributed by atoms with E-state index < -0.39 is 0 Å². The van der Waals surface area contributed by atoms with E-state index in [1.807, 2.05) is 0 Å². The van der Waals surface area contributed by atoms with E-state index in [0.29, 0.717) is 6.04 Å². The molecular formula is C15H21NO. The number of fused-ring (bicyclic) bond motifs is 1. The molecule has 1 aromatic rings. The van der Waals surface area contributed by atoms with Gasteiger partial charge in [0.2, 0.25) is 0 Å². The number of ether oxygens (including phenoxy) is 1. The summed E-state index contributed by atoms with van der Waals surface area (Å²) in [4.78, 5) is 0. The van der Waals surface area contributed by atoms with Gasteiger partial charge >= 0.3 is 0 Å². The summed E-state index contributed by atoms with van der Waals surface area (Å²) >= 11 is 0. The monoisotopic (exact) mass is 231 g/mol. The molecule has 1 aromatic carbocycles. The van der Waals surface area contributed by atoms with Gasteiger partial charge in [-0.05, 0) is 36.1 Å². The lowest BCUT2D eigenvalue weighted by atomic mass is 9.79. The van der Waals surface area contributed by atoms with Crippen LogP contribution in [0.1, 0.15) is 48.4 Å². The van der Waals surface area contributed by atoms with E-state index in [4.69, 9.17) is 4.74 Å². The van der Waals surface area contributed by atoms with Crippen LogP contribution in [0.4, 0.5) is 0 Å². The smallest absolute Gasteiger partial charge is 0.0725 e. The molecule has 2 heteroatoms. The third-order valence-electron chi connectivity index (χ3n) is 4.29. The van der Waals surface area contributed by atoms with Crippen LogP contribution in [0.15, 0.2) is 18.2 Å². The molecule has 1 aliphatic carbocycles. The molecule has 1 N–H and O–H groups in total. The third-order valence-corrected chi connectivity index (χ3v) is 4.29. The Morgan fingerprint density at radius 1 is 1.29 bits per heavy atom. The van der Waals surface area contributed by atoms with Crippen molar-refractivity contribution in [2.24, 2.45) is 5.92 Å². The molecule has 0 bridgehead atoms. The fourth-order valence-electron chi connectivity index (χ4n) is 2.89. The second kappa shape index (κ2) is 4.79. The molecule has 1 aliphatic heterocycles. The average Bonchev–Trinajstić information content (AvgIpc) is 2.75. The van der Waals surface area contributed by atoms with Gasteiger partial charge in [0, 0.05) is 6.04 Å².